The highest BCUT2D eigenvalue weighted by Gasteiger charge is 2.44. The fourth-order valence-electron chi connectivity index (χ4n) is 3.64. The van der Waals surface area contributed by atoms with Gasteiger partial charge in [0.15, 0.2) is 0 Å². The van der Waals surface area contributed by atoms with E-state index >= 15 is 0 Å². The Balaban J connectivity index is 1.98. The zero-order valence-corrected chi connectivity index (χ0v) is 11.6. The summed E-state index contributed by atoms with van der Waals surface area (Å²) in [4.78, 5) is 7.01. The molecule has 1 aromatic rings. The third-order valence-electron chi connectivity index (χ3n) is 4.54. The predicted molar refractivity (Wildman–Crippen MR) is 75.0 cm³/mol. The monoisotopic (exact) mass is 256 g/mol. The third-order valence-corrected chi connectivity index (χ3v) is 4.54. The van der Waals surface area contributed by atoms with E-state index in [1.54, 1.807) is 0 Å². The molecule has 0 aromatic carbocycles. The number of hydrogen-bond acceptors (Lipinski definition) is 4. The number of aryl methyl sites for hydroxylation is 1. The molecule has 3 heterocycles. The van der Waals surface area contributed by atoms with Gasteiger partial charge in [-0.25, -0.2) is 4.98 Å². The van der Waals surface area contributed by atoms with Crippen molar-refractivity contribution in [2.24, 2.45) is 11.8 Å². The molecule has 3 atom stereocenters. The molecule has 1 N–H and O–H groups in total. The molecule has 0 aliphatic carbocycles. The Hall–Kier alpha value is -1.60. The number of anilines is 1. The van der Waals surface area contributed by atoms with Gasteiger partial charge in [0.25, 0.3) is 0 Å². The average Bonchev–Trinajstić information content (AvgIpc) is 2.98. The number of fused-ring (bicyclic) bond motifs is 1. The summed E-state index contributed by atoms with van der Waals surface area (Å²) in [6.45, 7) is 7.46. The Labute approximate surface area is 114 Å². The highest BCUT2D eigenvalue weighted by atomic mass is 15.3. The van der Waals surface area contributed by atoms with E-state index in [1.165, 1.54) is 0 Å². The van der Waals surface area contributed by atoms with Crippen LogP contribution in [0.25, 0.3) is 0 Å². The van der Waals surface area contributed by atoms with Gasteiger partial charge in [-0.15, -0.1) is 0 Å². The summed E-state index contributed by atoms with van der Waals surface area (Å²) in [5.74, 6) is 2.31. The fourth-order valence-corrected chi connectivity index (χ4v) is 3.64. The molecule has 19 heavy (non-hydrogen) atoms. The molecule has 4 nitrogen and oxygen atoms in total. The number of nitrogens with one attached hydrogen (secondary N) is 1. The first kappa shape index (κ1) is 12.4. The summed E-state index contributed by atoms with van der Waals surface area (Å²) >= 11 is 0. The second-order valence-corrected chi connectivity index (χ2v) is 5.65. The van der Waals surface area contributed by atoms with Crippen LogP contribution in [0.4, 0.5) is 5.82 Å². The number of nitrogens with zero attached hydrogens (tertiary/aromatic N) is 3. The minimum Gasteiger partial charge on any atom is -0.352 e. The fraction of sp³-hybridized carbons (Fsp3) is 0.600. The van der Waals surface area contributed by atoms with Crippen molar-refractivity contribution in [2.45, 2.75) is 26.3 Å². The van der Waals surface area contributed by atoms with Crippen LogP contribution in [-0.2, 0) is 0 Å². The molecule has 1 aromatic heterocycles. The van der Waals surface area contributed by atoms with Crippen molar-refractivity contribution in [1.82, 2.24) is 10.3 Å². The molecule has 0 amide bonds. The van der Waals surface area contributed by atoms with Gasteiger partial charge in [-0.1, -0.05) is 6.92 Å². The van der Waals surface area contributed by atoms with Crippen LogP contribution in [0.5, 0.6) is 0 Å². The lowest BCUT2D eigenvalue weighted by atomic mass is 9.93. The lowest BCUT2D eigenvalue weighted by Gasteiger charge is -2.28. The number of aromatic nitrogens is 1. The van der Waals surface area contributed by atoms with E-state index in [-0.39, 0.29) is 0 Å². The van der Waals surface area contributed by atoms with E-state index in [0.717, 1.165) is 37.6 Å². The van der Waals surface area contributed by atoms with Crippen LogP contribution < -0.4 is 10.2 Å². The van der Waals surface area contributed by atoms with Crippen LogP contribution in [0, 0.1) is 30.1 Å². The highest BCUT2D eigenvalue weighted by molar-refractivity contribution is 5.56. The van der Waals surface area contributed by atoms with Gasteiger partial charge in [0.1, 0.15) is 11.9 Å². The molecule has 0 bridgehead atoms. The molecule has 2 fully saturated rings. The topological polar surface area (TPSA) is 52.0 Å². The Morgan fingerprint density at radius 2 is 2.32 bits per heavy atom. The van der Waals surface area contributed by atoms with E-state index in [2.05, 4.69) is 28.2 Å². The quantitative estimate of drug-likeness (QED) is 0.875. The van der Waals surface area contributed by atoms with Gasteiger partial charge >= 0.3 is 0 Å². The molecule has 2 aliphatic rings. The lowest BCUT2D eigenvalue weighted by Crippen LogP contribution is -2.36. The second kappa shape index (κ2) is 4.82. The van der Waals surface area contributed by atoms with E-state index < -0.39 is 0 Å². The van der Waals surface area contributed by atoms with E-state index in [0.29, 0.717) is 23.4 Å². The van der Waals surface area contributed by atoms with Gasteiger partial charge in [-0.3, -0.25) is 0 Å². The average molecular weight is 256 g/mol. The van der Waals surface area contributed by atoms with Gasteiger partial charge in [0, 0.05) is 31.4 Å². The maximum Gasteiger partial charge on any atom is 0.147 e. The molecule has 100 valence electrons. The van der Waals surface area contributed by atoms with Crippen molar-refractivity contribution in [1.29, 1.82) is 5.26 Å². The Bertz CT molecular complexity index is 519. The summed E-state index contributed by atoms with van der Waals surface area (Å²) < 4.78 is 0. The first-order chi connectivity index (χ1) is 9.24. The predicted octanol–water partition coefficient (Wildman–Crippen LogP) is 1.70. The van der Waals surface area contributed by atoms with Crippen molar-refractivity contribution in [3.63, 3.8) is 0 Å². The van der Waals surface area contributed by atoms with Crippen LogP contribution in [0.1, 0.15) is 24.6 Å². The van der Waals surface area contributed by atoms with Crippen LogP contribution in [-0.4, -0.2) is 30.7 Å². The molecule has 4 heteroatoms. The zero-order chi connectivity index (χ0) is 13.4. The van der Waals surface area contributed by atoms with Crippen molar-refractivity contribution >= 4 is 5.82 Å². The SMILES string of the molecule is CCC1C2CNCC2CN1c1nc(C)ccc1C#N. The van der Waals surface area contributed by atoms with Gasteiger partial charge in [-0.2, -0.15) is 5.26 Å². The summed E-state index contributed by atoms with van der Waals surface area (Å²) in [5, 5.41) is 12.8. The molecule has 0 radical (unpaired) electrons. The maximum atomic E-state index is 9.30. The van der Waals surface area contributed by atoms with Crippen LogP contribution in [0.15, 0.2) is 12.1 Å². The maximum absolute atomic E-state index is 9.30. The number of hydrogen-bond donors (Lipinski definition) is 1. The minimum atomic E-state index is 0.515. The summed E-state index contributed by atoms with van der Waals surface area (Å²) in [6, 6.07) is 6.62. The molecular weight excluding hydrogens is 236 g/mol. The molecule has 3 unspecified atom stereocenters. The Kier molecular flexibility index (Phi) is 3.16. The normalized spacial score (nSPS) is 29.3. The standard InChI is InChI=1S/C15H20N4/c1-3-14-13-8-17-7-12(13)9-19(14)15-11(6-16)5-4-10(2)18-15/h4-5,12-14,17H,3,7-9H2,1-2H3. The summed E-state index contributed by atoms with van der Waals surface area (Å²) in [7, 11) is 0. The Morgan fingerprint density at radius 1 is 1.47 bits per heavy atom. The van der Waals surface area contributed by atoms with Crippen LogP contribution in [0.3, 0.4) is 0 Å². The lowest BCUT2D eigenvalue weighted by molar-refractivity contribution is 0.441. The third kappa shape index (κ3) is 1.98. The minimum absolute atomic E-state index is 0.515. The van der Waals surface area contributed by atoms with Gasteiger partial charge < -0.3 is 10.2 Å². The summed E-state index contributed by atoms with van der Waals surface area (Å²) in [5.41, 5.74) is 1.69. The first-order valence-electron chi connectivity index (χ1n) is 7.09. The Morgan fingerprint density at radius 3 is 3.05 bits per heavy atom. The van der Waals surface area contributed by atoms with Crippen molar-refractivity contribution in [3.8, 4) is 6.07 Å². The van der Waals surface area contributed by atoms with E-state index in [1.807, 2.05) is 19.1 Å². The molecule has 3 rings (SSSR count). The van der Waals surface area contributed by atoms with Crippen LogP contribution in [0.2, 0.25) is 0 Å². The van der Waals surface area contributed by atoms with Crippen LogP contribution >= 0.6 is 0 Å². The largest absolute Gasteiger partial charge is 0.352 e. The first-order valence-corrected chi connectivity index (χ1v) is 7.09. The smallest absolute Gasteiger partial charge is 0.147 e. The van der Waals surface area contributed by atoms with Crippen molar-refractivity contribution in [3.05, 3.63) is 23.4 Å². The molecule has 0 spiro atoms. The van der Waals surface area contributed by atoms with Crippen molar-refractivity contribution in [2.75, 3.05) is 24.5 Å². The summed E-state index contributed by atoms with van der Waals surface area (Å²) in [6.07, 6.45) is 1.11. The molecule has 2 saturated heterocycles. The number of pyridine rings is 1. The molecule has 0 saturated carbocycles. The number of rotatable bonds is 2. The molecular formula is C15H20N4. The van der Waals surface area contributed by atoms with Crippen molar-refractivity contribution < 1.29 is 0 Å². The molecule has 2 aliphatic heterocycles. The zero-order valence-electron chi connectivity index (χ0n) is 11.6. The second-order valence-electron chi connectivity index (χ2n) is 5.65. The highest BCUT2D eigenvalue weighted by Crippen LogP contribution is 2.37. The van der Waals surface area contributed by atoms with Gasteiger partial charge in [0.05, 0.1) is 5.56 Å². The van der Waals surface area contributed by atoms with E-state index in [4.69, 9.17) is 0 Å². The van der Waals surface area contributed by atoms with Gasteiger partial charge in [0.2, 0.25) is 0 Å². The van der Waals surface area contributed by atoms with E-state index in [9.17, 15) is 5.26 Å². The van der Waals surface area contributed by atoms with Gasteiger partial charge in [-0.05, 0) is 37.3 Å². The number of nitriles is 1.